The molecule has 0 saturated carbocycles. The number of hydrogen-bond donors (Lipinski definition) is 0. The van der Waals surface area contributed by atoms with E-state index in [2.05, 4.69) is 30.7 Å². The van der Waals surface area contributed by atoms with Gasteiger partial charge in [-0.25, -0.2) is 4.98 Å². The summed E-state index contributed by atoms with van der Waals surface area (Å²) in [6.07, 6.45) is 3.20. The quantitative estimate of drug-likeness (QED) is 0.641. The van der Waals surface area contributed by atoms with Gasteiger partial charge in [0.15, 0.2) is 12.0 Å². The fraction of sp³-hybridized carbons (Fsp3) is 0.455. The number of hydrogen-bond acceptors (Lipinski definition) is 3. The highest BCUT2D eigenvalue weighted by molar-refractivity contribution is 5.77. The van der Waals surface area contributed by atoms with Gasteiger partial charge in [-0.3, -0.25) is 4.98 Å². The Morgan fingerprint density at radius 2 is 1.93 bits per heavy atom. The van der Waals surface area contributed by atoms with E-state index in [0.29, 0.717) is 0 Å². The Balaban J connectivity index is 2.83. The molecule has 2 aromatic heterocycles. The largest absolute Gasteiger partial charge is 0.442 e. The van der Waals surface area contributed by atoms with E-state index in [1.807, 2.05) is 6.92 Å². The van der Waals surface area contributed by atoms with E-state index < -0.39 is 0 Å². The molecule has 0 saturated heterocycles. The molecule has 3 heteroatoms. The van der Waals surface area contributed by atoms with E-state index in [-0.39, 0.29) is 5.41 Å². The van der Waals surface area contributed by atoms with Crippen molar-refractivity contribution in [3.8, 4) is 0 Å². The number of nitrogens with zero attached hydrogens (tertiary/aromatic N) is 2. The van der Waals surface area contributed by atoms with Crippen molar-refractivity contribution < 1.29 is 4.42 Å². The van der Waals surface area contributed by atoms with Crippen molar-refractivity contribution in [3.05, 3.63) is 23.8 Å². The SMILES string of the molecule is Cc1ncc2ocnc2c1C(C)(C)C. The van der Waals surface area contributed by atoms with Crippen LogP contribution in [0.3, 0.4) is 0 Å². The van der Waals surface area contributed by atoms with Gasteiger partial charge in [0, 0.05) is 11.3 Å². The van der Waals surface area contributed by atoms with Crippen LogP contribution in [0.2, 0.25) is 0 Å². The maximum Gasteiger partial charge on any atom is 0.182 e. The summed E-state index contributed by atoms with van der Waals surface area (Å²) >= 11 is 0. The normalized spacial score (nSPS) is 12.3. The standard InChI is InChI=1S/C11H14N2O/c1-7-9(11(2,3)4)10-8(5-12-7)14-6-13-10/h5-6H,1-4H3. The topological polar surface area (TPSA) is 38.9 Å². The number of aryl methyl sites for hydroxylation is 1. The Kier molecular flexibility index (Phi) is 1.84. The van der Waals surface area contributed by atoms with E-state index in [0.717, 1.165) is 16.8 Å². The fourth-order valence-corrected chi connectivity index (χ4v) is 1.82. The van der Waals surface area contributed by atoms with Crippen molar-refractivity contribution in [1.29, 1.82) is 0 Å². The van der Waals surface area contributed by atoms with Crippen LogP contribution < -0.4 is 0 Å². The monoisotopic (exact) mass is 190 g/mol. The average molecular weight is 190 g/mol. The molecule has 14 heavy (non-hydrogen) atoms. The fourth-order valence-electron chi connectivity index (χ4n) is 1.82. The summed E-state index contributed by atoms with van der Waals surface area (Å²) in [7, 11) is 0. The van der Waals surface area contributed by atoms with Crippen LogP contribution in [0.5, 0.6) is 0 Å². The van der Waals surface area contributed by atoms with Gasteiger partial charge >= 0.3 is 0 Å². The number of aromatic nitrogens is 2. The Morgan fingerprint density at radius 3 is 2.57 bits per heavy atom. The predicted octanol–water partition coefficient (Wildman–Crippen LogP) is 2.83. The van der Waals surface area contributed by atoms with Crippen molar-refractivity contribution >= 4 is 11.1 Å². The lowest BCUT2D eigenvalue weighted by Crippen LogP contribution is -2.14. The van der Waals surface area contributed by atoms with Crippen molar-refractivity contribution in [2.45, 2.75) is 33.1 Å². The number of oxazole rings is 1. The van der Waals surface area contributed by atoms with Crippen molar-refractivity contribution in [1.82, 2.24) is 9.97 Å². The Bertz CT molecular complexity index is 466. The third-order valence-corrected chi connectivity index (χ3v) is 2.32. The smallest absolute Gasteiger partial charge is 0.182 e. The molecule has 2 rings (SSSR count). The van der Waals surface area contributed by atoms with Crippen LogP contribution in [0.25, 0.3) is 11.1 Å². The third-order valence-electron chi connectivity index (χ3n) is 2.32. The summed E-state index contributed by atoms with van der Waals surface area (Å²) < 4.78 is 5.24. The molecule has 2 heterocycles. The van der Waals surface area contributed by atoms with E-state index in [4.69, 9.17) is 4.42 Å². The minimum atomic E-state index is 0.0491. The van der Waals surface area contributed by atoms with Gasteiger partial charge in [0.1, 0.15) is 5.52 Å². The Morgan fingerprint density at radius 1 is 1.21 bits per heavy atom. The molecule has 3 nitrogen and oxygen atoms in total. The first kappa shape index (κ1) is 9.19. The summed E-state index contributed by atoms with van der Waals surface area (Å²) in [5, 5.41) is 0. The molecule has 0 aliphatic heterocycles. The summed E-state index contributed by atoms with van der Waals surface area (Å²) in [5.74, 6) is 0. The van der Waals surface area contributed by atoms with Gasteiger partial charge in [0.05, 0.1) is 6.20 Å². The molecule has 0 amide bonds. The van der Waals surface area contributed by atoms with Gasteiger partial charge in [-0.2, -0.15) is 0 Å². The lowest BCUT2D eigenvalue weighted by molar-refractivity contribution is 0.584. The lowest BCUT2D eigenvalue weighted by atomic mass is 9.85. The van der Waals surface area contributed by atoms with Crippen LogP contribution in [0.1, 0.15) is 32.0 Å². The summed E-state index contributed by atoms with van der Waals surface area (Å²) in [5.41, 5.74) is 3.95. The second kappa shape index (κ2) is 2.80. The van der Waals surface area contributed by atoms with E-state index in [1.54, 1.807) is 6.20 Å². The molecule has 0 aromatic carbocycles. The van der Waals surface area contributed by atoms with Crippen LogP contribution in [0.15, 0.2) is 17.0 Å². The first-order valence-electron chi connectivity index (χ1n) is 4.69. The van der Waals surface area contributed by atoms with Gasteiger partial charge in [-0.05, 0) is 12.3 Å². The van der Waals surface area contributed by atoms with Gasteiger partial charge in [0.25, 0.3) is 0 Å². The minimum absolute atomic E-state index is 0.0491. The highest BCUT2D eigenvalue weighted by Gasteiger charge is 2.22. The van der Waals surface area contributed by atoms with Crippen LogP contribution in [-0.2, 0) is 5.41 Å². The summed E-state index contributed by atoms with van der Waals surface area (Å²) in [4.78, 5) is 8.55. The molecule has 74 valence electrons. The molecule has 0 N–H and O–H groups in total. The zero-order valence-corrected chi connectivity index (χ0v) is 8.96. The Hall–Kier alpha value is -1.38. The predicted molar refractivity (Wildman–Crippen MR) is 55.2 cm³/mol. The zero-order chi connectivity index (χ0) is 10.3. The molecular weight excluding hydrogens is 176 g/mol. The molecule has 0 aliphatic rings. The highest BCUT2D eigenvalue weighted by atomic mass is 16.3. The average Bonchev–Trinajstić information content (AvgIpc) is 2.48. The van der Waals surface area contributed by atoms with Crippen LogP contribution in [0, 0.1) is 6.92 Å². The molecule has 0 aliphatic carbocycles. The van der Waals surface area contributed by atoms with Gasteiger partial charge in [-0.15, -0.1) is 0 Å². The van der Waals surface area contributed by atoms with Crippen molar-refractivity contribution in [2.75, 3.05) is 0 Å². The first-order chi connectivity index (χ1) is 6.50. The third kappa shape index (κ3) is 1.29. The van der Waals surface area contributed by atoms with E-state index in [9.17, 15) is 0 Å². The number of rotatable bonds is 0. The molecular formula is C11H14N2O. The second-order valence-electron chi connectivity index (χ2n) is 4.53. The molecule has 0 unspecified atom stereocenters. The molecule has 0 spiro atoms. The van der Waals surface area contributed by atoms with Crippen molar-refractivity contribution in [2.24, 2.45) is 0 Å². The minimum Gasteiger partial charge on any atom is -0.442 e. The summed E-state index contributed by atoms with van der Waals surface area (Å²) in [6.45, 7) is 8.48. The number of pyridine rings is 1. The van der Waals surface area contributed by atoms with Gasteiger partial charge in [0.2, 0.25) is 0 Å². The van der Waals surface area contributed by atoms with Crippen LogP contribution in [-0.4, -0.2) is 9.97 Å². The van der Waals surface area contributed by atoms with E-state index in [1.165, 1.54) is 12.0 Å². The number of fused-ring (bicyclic) bond motifs is 1. The molecule has 0 fully saturated rings. The first-order valence-corrected chi connectivity index (χ1v) is 4.69. The Labute approximate surface area is 83.2 Å². The lowest BCUT2D eigenvalue weighted by Gasteiger charge is -2.20. The summed E-state index contributed by atoms with van der Waals surface area (Å²) in [6, 6.07) is 0. The van der Waals surface area contributed by atoms with Crippen molar-refractivity contribution in [3.63, 3.8) is 0 Å². The highest BCUT2D eigenvalue weighted by Crippen LogP contribution is 2.30. The van der Waals surface area contributed by atoms with Crippen LogP contribution >= 0.6 is 0 Å². The van der Waals surface area contributed by atoms with Crippen LogP contribution in [0.4, 0.5) is 0 Å². The van der Waals surface area contributed by atoms with E-state index >= 15 is 0 Å². The van der Waals surface area contributed by atoms with Gasteiger partial charge < -0.3 is 4.42 Å². The molecule has 0 bridgehead atoms. The molecule has 0 radical (unpaired) electrons. The molecule has 2 aromatic rings. The molecule has 0 atom stereocenters. The maximum absolute atomic E-state index is 5.24. The maximum atomic E-state index is 5.24. The second-order valence-corrected chi connectivity index (χ2v) is 4.53. The zero-order valence-electron chi connectivity index (χ0n) is 8.96. The van der Waals surface area contributed by atoms with Gasteiger partial charge in [-0.1, -0.05) is 20.8 Å².